The quantitative estimate of drug-likeness (QED) is 0.105. The van der Waals surface area contributed by atoms with Crippen LogP contribution in [0.2, 0.25) is 13.1 Å². The number of hydrogen-bond donors (Lipinski definition) is 0. The van der Waals surface area contributed by atoms with Crippen LogP contribution in [-0.4, -0.2) is 5.43 Å². The van der Waals surface area contributed by atoms with E-state index >= 15 is 0 Å². The van der Waals surface area contributed by atoms with Gasteiger partial charge >= 0.3 is 41.9 Å². The maximum absolute atomic E-state index is 2.53. The fourth-order valence-electron chi connectivity index (χ4n) is 10.00. The molecule has 0 N–H and O–H groups in total. The van der Waals surface area contributed by atoms with Crippen LogP contribution in [0.15, 0.2) is 109 Å². The average Bonchev–Trinajstić information content (AvgIpc) is 3.81. The molecule has 0 amide bonds. The van der Waals surface area contributed by atoms with Crippen molar-refractivity contribution in [3.05, 3.63) is 131 Å². The maximum atomic E-state index is 2.53. The smallest absolute Gasteiger partial charge is 1.00 e. The Balaban J connectivity index is 0.000000236. The summed E-state index contributed by atoms with van der Waals surface area (Å²) in [5.74, 6) is 0. The number of benzene rings is 4. The van der Waals surface area contributed by atoms with Crippen molar-refractivity contribution in [2.75, 3.05) is 0 Å². The topological polar surface area (TPSA) is 0 Å². The molecular formula is C56H72Cl2SiZr-2. The number of halogens is 2. The molecular weight excluding hydrogens is 863 g/mol. The summed E-state index contributed by atoms with van der Waals surface area (Å²) in [6.07, 6.45) is 24.4. The second-order valence-electron chi connectivity index (χ2n) is 19.0. The summed E-state index contributed by atoms with van der Waals surface area (Å²) in [5, 5.41) is 5.64. The molecule has 0 unspecified atom stereocenters. The molecule has 320 valence electrons. The summed E-state index contributed by atoms with van der Waals surface area (Å²) in [4.78, 5) is 0. The molecule has 0 bridgehead atoms. The van der Waals surface area contributed by atoms with Gasteiger partial charge < -0.3 is 24.8 Å². The molecule has 0 heterocycles. The van der Waals surface area contributed by atoms with E-state index in [2.05, 4.69) is 150 Å². The van der Waals surface area contributed by atoms with Gasteiger partial charge in [0.2, 0.25) is 0 Å². The van der Waals surface area contributed by atoms with E-state index in [1.54, 1.807) is 23.3 Å². The zero-order valence-corrected chi connectivity index (χ0v) is 42.8. The van der Waals surface area contributed by atoms with Crippen molar-refractivity contribution in [2.45, 2.75) is 156 Å². The van der Waals surface area contributed by atoms with Crippen molar-refractivity contribution in [3.8, 4) is 22.3 Å². The van der Waals surface area contributed by atoms with Gasteiger partial charge in [0.25, 0.3) is 0 Å². The van der Waals surface area contributed by atoms with E-state index in [9.17, 15) is 0 Å². The fourth-order valence-corrected chi connectivity index (χ4v) is 10.00. The molecule has 60 heavy (non-hydrogen) atoms. The van der Waals surface area contributed by atoms with Crippen LogP contribution >= 0.6 is 0 Å². The van der Waals surface area contributed by atoms with Gasteiger partial charge in [-0.05, 0) is 84.5 Å². The summed E-state index contributed by atoms with van der Waals surface area (Å²) in [6.45, 7) is 14.1. The number of fused-ring (bicyclic) bond motifs is 2. The Labute approximate surface area is 393 Å². The standard InChI is InChI=1S/2C27H33.C2H6Si.2ClH.Zr/c2*1-3-21-12-14-23(15-13-21)25-11-9-10-24-18-22(19-26(24)25)20-27(2)16-7-5-4-6-8-17-27;1-3-2;;;/h2*9-15,18-19H,3-8,16-17,20H2,1-2H3;1-2H3;2*1H;/q2*-1;;;;+2/p-2. The predicted molar refractivity (Wildman–Crippen MR) is 254 cm³/mol. The number of rotatable bonds is 8. The molecule has 4 heteroatoms. The zero-order chi connectivity index (χ0) is 41.0. The Hall–Kier alpha value is -2.22. The zero-order valence-electron chi connectivity index (χ0n) is 37.9. The minimum absolute atomic E-state index is 0. The average molecular weight is 935 g/mol. The summed E-state index contributed by atoms with van der Waals surface area (Å²) >= 11 is 1.74. The van der Waals surface area contributed by atoms with E-state index in [4.69, 9.17) is 0 Å². The Bertz CT molecular complexity index is 2020. The van der Waals surface area contributed by atoms with Crippen molar-refractivity contribution in [3.63, 3.8) is 0 Å². The normalized spacial score (nSPS) is 16.3. The Morgan fingerprint density at radius 3 is 1.13 bits per heavy atom. The van der Waals surface area contributed by atoms with E-state index in [1.165, 1.54) is 169 Å². The van der Waals surface area contributed by atoms with Crippen LogP contribution in [0.1, 0.15) is 140 Å². The van der Waals surface area contributed by atoms with Gasteiger partial charge in [0.05, 0.1) is 0 Å². The molecule has 0 nitrogen and oxygen atoms in total. The van der Waals surface area contributed by atoms with Crippen molar-refractivity contribution < 1.29 is 48.1 Å². The van der Waals surface area contributed by atoms with Crippen LogP contribution in [0.25, 0.3) is 43.8 Å². The minimum Gasteiger partial charge on any atom is -1.00 e. The third-order valence-electron chi connectivity index (χ3n) is 13.4. The molecule has 2 aliphatic rings. The second kappa shape index (κ2) is 24.6. The third-order valence-corrected chi connectivity index (χ3v) is 13.4. The van der Waals surface area contributed by atoms with Crippen LogP contribution in [0, 0.1) is 10.8 Å². The number of aryl methyl sites for hydroxylation is 2. The first-order chi connectivity index (χ1) is 28.1. The molecule has 6 aromatic carbocycles. The van der Waals surface area contributed by atoms with Crippen LogP contribution in [0.3, 0.4) is 0 Å². The first-order valence-electron chi connectivity index (χ1n) is 23.1. The predicted octanol–water partition coefficient (Wildman–Crippen LogP) is 11.0. The van der Waals surface area contributed by atoms with Crippen LogP contribution in [0.5, 0.6) is 0 Å². The summed E-state index contributed by atoms with van der Waals surface area (Å²) in [6, 6.07) is 41.6. The van der Waals surface area contributed by atoms with Crippen LogP contribution in [-0.2, 0) is 49.0 Å². The molecule has 0 aliphatic heterocycles. The SMILES string of the molecule is CCc1ccc(-c2cccc3[cH-]c(CC4(C)CCCCCCC4)cc23)cc1.CCc1ccc(-c2cccc3[cH-]c(CC4(C)CCCCCCC4)cc23)cc1.C[Si](C)=[Zr+2].[Cl-].[Cl-]. The van der Waals surface area contributed by atoms with E-state index in [-0.39, 0.29) is 30.2 Å². The van der Waals surface area contributed by atoms with Crippen LogP contribution < -0.4 is 24.8 Å². The molecule has 2 saturated carbocycles. The van der Waals surface area contributed by atoms with Crippen molar-refractivity contribution in [2.24, 2.45) is 10.8 Å². The largest absolute Gasteiger partial charge is 1.00 e. The second-order valence-corrected chi connectivity index (χ2v) is 28.3. The Kier molecular flexibility index (Phi) is 20.7. The van der Waals surface area contributed by atoms with Gasteiger partial charge in [-0.2, -0.15) is 12.1 Å². The molecule has 2 fully saturated rings. The molecule has 2 aliphatic carbocycles. The van der Waals surface area contributed by atoms with Gasteiger partial charge in [-0.15, -0.1) is 69.1 Å². The van der Waals surface area contributed by atoms with Gasteiger partial charge in [0.1, 0.15) is 0 Å². The van der Waals surface area contributed by atoms with Gasteiger partial charge in [-0.25, -0.2) is 0 Å². The molecule has 0 spiro atoms. The molecule has 0 aromatic heterocycles. The Morgan fingerprint density at radius 1 is 0.500 bits per heavy atom. The van der Waals surface area contributed by atoms with E-state index in [0.29, 0.717) is 10.8 Å². The molecule has 8 rings (SSSR count). The van der Waals surface area contributed by atoms with Crippen LogP contribution in [0.4, 0.5) is 0 Å². The Morgan fingerprint density at radius 2 is 0.817 bits per heavy atom. The number of hydrogen-bond acceptors (Lipinski definition) is 0. The van der Waals surface area contributed by atoms with E-state index in [1.807, 2.05) is 0 Å². The third kappa shape index (κ3) is 14.4. The monoisotopic (exact) mass is 932 g/mol. The fraction of sp³-hybridized carbons (Fsp3) is 0.464. The first-order valence-corrected chi connectivity index (χ1v) is 29.3. The first kappa shape index (κ1) is 50.4. The summed E-state index contributed by atoms with van der Waals surface area (Å²) < 4.78 is 0. The summed E-state index contributed by atoms with van der Waals surface area (Å²) in [7, 11) is 0. The maximum Gasteiger partial charge on any atom is -1.00 e. The van der Waals surface area contributed by atoms with E-state index < -0.39 is 0 Å². The van der Waals surface area contributed by atoms with E-state index in [0.717, 1.165) is 12.8 Å². The van der Waals surface area contributed by atoms with Crippen molar-refractivity contribution in [1.29, 1.82) is 0 Å². The van der Waals surface area contributed by atoms with Crippen molar-refractivity contribution in [1.82, 2.24) is 0 Å². The van der Waals surface area contributed by atoms with Gasteiger partial charge in [0, 0.05) is 0 Å². The van der Waals surface area contributed by atoms with Crippen molar-refractivity contribution >= 4 is 27.0 Å². The van der Waals surface area contributed by atoms with Gasteiger partial charge in [-0.3, -0.25) is 0 Å². The molecule has 0 saturated heterocycles. The molecule has 6 aromatic rings. The summed E-state index contributed by atoms with van der Waals surface area (Å²) in [5.41, 5.74) is 12.5. The molecule has 0 atom stereocenters. The molecule has 0 radical (unpaired) electrons. The van der Waals surface area contributed by atoms with Gasteiger partial charge in [-0.1, -0.05) is 164 Å². The van der Waals surface area contributed by atoms with Gasteiger partial charge in [0.15, 0.2) is 0 Å². The minimum atomic E-state index is 0.